The number of benzene rings is 1. The number of rotatable bonds is 5. The first-order valence-electron chi connectivity index (χ1n) is 7.96. The summed E-state index contributed by atoms with van der Waals surface area (Å²) in [7, 11) is 1.85. The van der Waals surface area contributed by atoms with Gasteiger partial charge in [-0.25, -0.2) is 4.79 Å². The third kappa shape index (κ3) is 5.46. The minimum Gasteiger partial charge on any atom is -0.466 e. The van der Waals surface area contributed by atoms with E-state index in [-0.39, 0.29) is 18.4 Å². The van der Waals surface area contributed by atoms with Crippen molar-refractivity contribution in [3.63, 3.8) is 0 Å². The van der Waals surface area contributed by atoms with E-state index in [2.05, 4.69) is 5.32 Å². The van der Waals surface area contributed by atoms with Gasteiger partial charge in [0.15, 0.2) is 0 Å². The largest absolute Gasteiger partial charge is 0.466 e. The summed E-state index contributed by atoms with van der Waals surface area (Å²) < 4.78 is 4.92. The molecule has 0 saturated carbocycles. The Labute approximate surface area is 141 Å². The Balaban J connectivity index is 1.87. The van der Waals surface area contributed by atoms with Crippen molar-refractivity contribution in [3.05, 3.63) is 29.8 Å². The second kappa shape index (κ2) is 8.82. The summed E-state index contributed by atoms with van der Waals surface area (Å²) in [4.78, 5) is 25.5. The number of urea groups is 1. The number of amides is 2. The molecule has 126 valence electrons. The molecule has 23 heavy (non-hydrogen) atoms. The standard InChI is InChI=1S/C17H24N2O3S/c1-3-22-16(20)12-13-4-6-14(7-5-13)18-17(21)19(2)15-8-10-23-11-9-15/h4-7,15H,3,8-12H2,1-2H3,(H,18,21). The molecule has 1 aromatic rings. The molecule has 2 amide bonds. The van der Waals surface area contributed by atoms with Crippen molar-refractivity contribution in [2.45, 2.75) is 32.2 Å². The molecule has 0 unspecified atom stereocenters. The molecule has 5 nitrogen and oxygen atoms in total. The number of nitrogens with zero attached hydrogens (tertiary/aromatic N) is 1. The minimum atomic E-state index is -0.237. The Morgan fingerprint density at radius 3 is 2.52 bits per heavy atom. The van der Waals surface area contributed by atoms with Crippen LogP contribution in [0.2, 0.25) is 0 Å². The number of nitrogens with one attached hydrogen (secondary N) is 1. The lowest BCUT2D eigenvalue weighted by molar-refractivity contribution is -0.142. The van der Waals surface area contributed by atoms with Gasteiger partial charge in [0.1, 0.15) is 0 Å². The van der Waals surface area contributed by atoms with Crippen LogP contribution in [0.4, 0.5) is 10.5 Å². The van der Waals surface area contributed by atoms with Gasteiger partial charge in [-0.1, -0.05) is 12.1 Å². The summed E-state index contributed by atoms with van der Waals surface area (Å²) in [5, 5.41) is 2.91. The van der Waals surface area contributed by atoms with Crippen molar-refractivity contribution >= 4 is 29.4 Å². The van der Waals surface area contributed by atoms with E-state index in [0.29, 0.717) is 12.6 Å². The average molecular weight is 336 g/mol. The SMILES string of the molecule is CCOC(=O)Cc1ccc(NC(=O)N(C)C2CCSCC2)cc1. The van der Waals surface area contributed by atoms with Crippen LogP contribution < -0.4 is 5.32 Å². The Bertz CT molecular complexity index is 527. The van der Waals surface area contributed by atoms with Gasteiger partial charge in [0.25, 0.3) is 0 Å². The van der Waals surface area contributed by atoms with Crippen LogP contribution in [0.5, 0.6) is 0 Å². The van der Waals surface area contributed by atoms with Gasteiger partial charge in [-0.2, -0.15) is 11.8 Å². The molecule has 1 heterocycles. The highest BCUT2D eigenvalue weighted by Crippen LogP contribution is 2.21. The monoisotopic (exact) mass is 336 g/mol. The van der Waals surface area contributed by atoms with E-state index in [1.165, 1.54) is 0 Å². The van der Waals surface area contributed by atoms with E-state index in [9.17, 15) is 9.59 Å². The fraction of sp³-hybridized carbons (Fsp3) is 0.529. The number of thioether (sulfide) groups is 1. The van der Waals surface area contributed by atoms with Gasteiger partial charge in [-0.3, -0.25) is 4.79 Å². The number of esters is 1. The fourth-order valence-corrected chi connectivity index (χ4v) is 3.62. The molecule has 0 bridgehead atoms. The van der Waals surface area contributed by atoms with Gasteiger partial charge >= 0.3 is 12.0 Å². The highest BCUT2D eigenvalue weighted by atomic mass is 32.2. The molecule has 2 rings (SSSR count). The van der Waals surface area contributed by atoms with Crippen LogP contribution in [-0.2, 0) is 16.0 Å². The van der Waals surface area contributed by atoms with E-state index >= 15 is 0 Å². The van der Waals surface area contributed by atoms with E-state index in [0.717, 1.165) is 35.6 Å². The number of carbonyl (C=O) groups is 2. The van der Waals surface area contributed by atoms with Crippen LogP contribution in [0.1, 0.15) is 25.3 Å². The first kappa shape index (κ1) is 17.7. The molecule has 1 aliphatic rings. The zero-order chi connectivity index (χ0) is 16.7. The van der Waals surface area contributed by atoms with E-state index in [4.69, 9.17) is 4.74 Å². The lowest BCUT2D eigenvalue weighted by Crippen LogP contribution is -2.41. The Morgan fingerprint density at radius 2 is 1.91 bits per heavy atom. The molecule has 0 atom stereocenters. The molecule has 0 aromatic heterocycles. The molecule has 1 N–H and O–H groups in total. The Hall–Kier alpha value is -1.69. The molecule has 0 spiro atoms. The molecule has 1 fully saturated rings. The van der Waals surface area contributed by atoms with Gasteiger partial charge in [-0.15, -0.1) is 0 Å². The van der Waals surface area contributed by atoms with Gasteiger partial charge < -0.3 is 15.0 Å². The predicted molar refractivity (Wildman–Crippen MR) is 93.9 cm³/mol. The van der Waals surface area contributed by atoms with Crippen LogP contribution in [0.15, 0.2) is 24.3 Å². The van der Waals surface area contributed by atoms with Crippen molar-refractivity contribution in [2.24, 2.45) is 0 Å². The second-order valence-corrected chi connectivity index (χ2v) is 6.79. The van der Waals surface area contributed by atoms with Crippen LogP contribution in [-0.4, -0.2) is 48.1 Å². The van der Waals surface area contributed by atoms with Crippen LogP contribution in [0, 0.1) is 0 Å². The summed E-state index contributed by atoms with van der Waals surface area (Å²) in [6, 6.07) is 7.54. The van der Waals surface area contributed by atoms with E-state index < -0.39 is 0 Å². The summed E-state index contributed by atoms with van der Waals surface area (Å²) in [6.45, 7) is 2.18. The minimum absolute atomic E-state index is 0.0833. The highest BCUT2D eigenvalue weighted by molar-refractivity contribution is 7.99. The number of hydrogen-bond donors (Lipinski definition) is 1. The zero-order valence-corrected chi connectivity index (χ0v) is 14.5. The molecule has 6 heteroatoms. The fourth-order valence-electron chi connectivity index (χ4n) is 2.53. The number of hydrogen-bond acceptors (Lipinski definition) is 4. The van der Waals surface area contributed by atoms with Crippen molar-refractivity contribution in [1.29, 1.82) is 0 Å². The van der Waals surface area contributed by atoms with E-state index in [1.54, 1.807) is 11.8 Å². The van der Waals surface area contributed by atoms with Crippen LogP contribution in [0.3, 0.4) is 0 Å². The van der Waals surface area contributed by atoms with Crippen molar-refractivity contribution in [1.82, 2.24) is 4.90 Å². The first-order chi connectivity index (χ1) is 11.1. The molecule has 0 radical (unpaired) electrons. The number of anilines is 1. The third-order valence-corrected chi connectivity index (χ3v) is 4.97. The van der Waals surface area contributed by atoms with Gasteiger partial charge in [0, 0.05) is 18.8 Å². The maximum absolute atomic E-state index is 12.3. The Kier molecular flexibility index (Phi) is 6.77. The van der Waals surface area contributed by atoms with Crippen LogP contribution in [0.25, 0.3) is 0 Å². The average Bonchev–Trinajstić information content (AvgIpc) is 2.57. The lowest BCUT2D eigenvalue weighted by Gasteiger charge is -2.31. The smallest absolute Gasteiger partial charge is 0.321 e. The molecular formula is C17H24N2O3S. The third-order valence-electron chi connectivity index (χ3n) is 3.92. The molecule has 1 aliphatic heterocycles. The molecule has 1 aromatic carbocycles. The first-order valence-corrected chi connectivity index (χ1v) is 9.11. The van der Waals surface area contributed by atoms with E-state index in [1.807, 2.05) is 43.1 Å². The molecule has 0 aliphatic carbocycles. The number of carbonyl (C=O) groups excluding carboxylic acids is 2. The maximum Gasteiger partial charge on any atom is 0.321 e. The van der Waals surface area contributed by atoms with Crippen molar-refractivity contribution in [3.8, 4) is 0 Å². The van der Waals surface area contributed by atoms with Gasteiger partial charge in [0.05, 0.1) is 13.0 Å². The summed E-state index contributed by atoms with van der Waals surface area (Å²) in [6.07, 6.45) is 2.35. The normalized spacial score (nSPS) is 15.0. The lowest BCUT2D eigenvalue weighted by atomic mass is 10.1. The molecular weight excluding hydrogens is 312 g/mol. The van der Waals surface area contributed by atoms with Crippen molar-refractivity contribution < 1.29 is 14.3 Å². The van der Waals surface area contributed by atoms with Gasteiger partial charge in [-0.05, 0) is 49.0 Å². The van der Waals surface area contributed by atoms with Gasteiger partial charge in [0.2, 0.25) is 0 Å². The summed E-state index contributed by atoms with van der Waals surface area (Å²) in [5.74, 6) is 1.99. The molecule has 1 saturated heterocycles. The Morgan fingerprint density at radius 1 is 1.26 bits per heavy atom. The summed E-state index contributed by atoms with van der Waals surface area (Å²) in [5.41, 5.74) is 1.61. The topological polar surface area (TPSA) is 58.6 Å². The highest BCUT2D eigenvalue weighted by Gasteiger charge is 2.22. The quantitative estimate of drug-likeness (QED) is 0.839. The van der Waals surface area contributed by atoms with Crippen LogP contribution >= 0.6 is 11.8 Å². The zero-order valence-electron chi connectivity index (χ0n) is 13.7. The second-order valence-electron chi connectivity index (χ2n) is 5.56. The summed E-state index contributed by atoms with van der Waals surface area (Å²) >= 11 is 1.95. The van der Waals surface area contributed by atoms with Crippen molar-refractivity contribution in [2.75, 3.05) is 30.5 Å². The predicted octanol–water partition coefficient (Wildman–Crippen LogP) is 3.15. The maximum atomic E-state index is 12.3. The number of ether oxygens (including phenoxy) is 1.